The van der Waals surface area contributed by atoms with Crippen LogP contribution in [0.1, 0.15) is 51.4 Å². The third-order valence-corrected chi connectivity index (χ3v) is 8.33. The summed E-state index contributed by atoms with van der Waals surface area (Å²) in [6.45, 7) is 8.87. The average molecular weight is 488 g/mol. The van der Waals surface area contributed by atoms with Gasteiger partial charge in [-0.3, -0.25) is 4.79 Å². The lowest BCUT2D eigenvalue weighted by atomic mass is 9.89. The van der Waals surface area contributed by atoms with E-state index in [9.17, 15) is 13.2 Å². The van der Waals surface area contributed by atoms with Crippen molar-refractivity contribution in [2.24, 2.45) is 5.92 Å². The van der Waals surface area contributed by atoms with Gasteiger partial charge in [0.05, 0.1) is 28.5 Å². The van der Waals surface area contributed by atoms with E-state index in [0.29, 0.717) is 17.0 Å². The number of hydrogen-bond acceptors (Lipinski definition) is 6. The first-order chi connectivity index (χ1) is 16.2. The summed E-state index contributed by atoms with van der Waals surface area (Å²) in [7, 11) is -2.38. The Morgan fingerprint density at radius 2 is 2.00 bits per heavy atom. The number of ether oxygens (including phenoxy) is 1. The van der Waals surface area contributed by atoms with Crippen LogP contribution in [0.25, 0.3) is 11.0 Å². The number of rotatable bonds is 8. The zero-order valence-electron chi connectivity index (χ0n) is 20.2. The molecule has 1 aromatic carbocycles. The van der Waals surface area contributed by atoms with Gasteiger partial charge in [-0.2, -0.15) is 17.6 Å². The molecule has 1 amide bonds. The van der Waals surface area contributed by atoms with Gasteiger partial charge in [0.25, 0.3) is 10.0 Å². The van der Waals surface area contributed by atoms with Gasteiger partial charge in [-0.1, -0.05) is 20.8 Å². The van der Waals surface area contributed by atoms with E-state index < -0.39 is 10.0 Å². The molecule has 0 bridgehead atoms. The van der Waals surface area contributed by atoms with Crippen molar-refractivity contribution >= 4 is 27.0 Å². The highest BCUT2D eigenvalue weighted by molar-refractivity contribution is 7.89. The second kappa shape index (κ2) is 9.50. The van der Waals surface area contributed by atoms with Crippen LogP contribution in [0.4, 0.5) is 0 Å². The smallest absolute Gasteiger partial charge is 0.283 e. The number of aromatic nitrogens is 4. The van der Waals surface area contributed by atoms with E-state index in [1.165, 1.54) is 19.4 Å². The van der Waals surface area contributed by atoms with E-state index in [1.807, 2.05) is 6.07 Å². The highest BCUT2D eigenvalue weighted by atomic mass is 32.2. The molecule has 9 nitrogen and oxygen atoms in total. The molecule has 0 saturated carbocycles. The first-order valence-electron chi connectivity index (χ1n) is 11.7. The van der Waals surface area contributed by atoms with E-state index in [2.05, 4.69) is 35.8 Å². The zero-order valence-corrected chi connectivity index (χ0v) is 21.1. The average Bonchev–Trinajstić information content (AvgIpc) is 3.45. The van der Waals surface area contributed by atoms with Crippen LogP contribution in [0.5, 0.6) is 0 Å². The van der Waals surface area contributed by atoms with Gasteiger partial charge in [-0.05, 0) is 43.4 Å². The van der Waals surface area contributed by atoms with E-state index in [0.717, 1.165) is 54.4 Å². The Morgan fingerprint density at radius 1 is 1.26 bits per heavy atom. The molecule has 0 spiro atoms. The number of nitrogens with zero attached hydrogens (tertiary/aromatic N) is 4. The Kier molecular flexibility index (Phi) is 6.82. The molecule has 0 aliphatic carbocycles. The minimum Gasteiger partial charge on any atom is -0.381 e. The topological polar surface area (TPSA) is 108 Å². The molecule has 10 heteroatoms. The fraction of sp³-hybridized carbons (Fsp3) is 0.542. The summed E-state index contributed by atoms with van der Waals surface area (Å²) in [4.78, 5) is 16.7. The van der Waals surface area contributed by atoms with Crippen LogP contribution in [-0.4, -0.2) is 53.3 Å². The van der Waals surface area contributed by atoms with Crippen LogP contribution in [0.3, 0.4) is 0 Å². The van der Waals surface area contributed by atoms with Gasteiger partial charge in [-0.25, -0.2) is 4.98 Å². The number of fused-ring (bicyclic) bond motifs is 1. The molecular weight excluding hydrogens is 454 g/mol. The van der Waals surface area contributed by atoms with Gasteiger partial charge in [-0.15, -0.1) is 0 Å². The molecule has 1 saturated heterocycles. The maximum atomic E-state index is 13.3. The number of likely N-dealkylation sites (N-methyl/N-ethyl adjacent to an activating group) is 1. The summed E-state index contributed by atoms with van der Waals surface area (Å²) in [5.74, 6) is 1.27. The normalized spacial score (nSPS) is 15.6. The molecular formula is C24H33N5O4S. The van der Waals surface area contributed by atoms with Crippen molar-refractivity contribution < 1.29 is 17.9 Å². The molecule has 3 heterocycles. The molecule has 1 aliphatic rings. The van der Waals surface area contributed by atoms with Crippen molar-refractivity contribution in [3.63, 3.8) is 0 Å². The summed E-state index contributed by atoms with van der Waals surface area (Å²) in [5.41, 5.74) is 1.96. The Labute approximate surface area is 200 Å². The molecule has 3 aromatic rings. The quantitative estimate of drug-likeness (QED) is 0.523. The Bertz CT molecular complexity index is 1290. The largest absolute Gasteiger partial charge is 0.381 e. The van der Waals surface area contributed by atoms with Crippen LogP contribution in [0.2, 0.25) is 0 Å². The number of hydrogen-bond donors (Lipinski definition) is 1. The molecule has 2 aromatic heterocycles. The lowest BCUT2D eigenvalue weighted by molar-refractivity contribution is -0.119. The van der Waals surface area contributed by atoms with Gasteiger partial charge >= 0.3 is 0 Å². The summed E-state index contributed by atoms with van der Waals surface area (Å²) in [5, 5.41) is 6.52. The van der Waals surface area contributed by atoms with Crippen molar-refractivity contribution in [3.8, 4) is 0 Å². The highest BCUT2D eigenvalue weighted by Crippen LogP contribution is 2.32. The fourth-order valence-corrected chi connectivity index (χ4v) is 5.42. The third kappa shape index (κ3) is 4.74. The maximum absolute atomic E-state index is 13.3. The predicted molar refractivity (Wildman–Crippen MR) is 129 cm³/mol. The number of carbonyl (C=O) groups is 1. The summed E-state index contributed by atoms with van der Waals surface area (Å²) >= 11 is 0. The highest BCUT2D eigenvalue weighted by Gasteiger charge is 2.29. The molecule has 4 rings (SSSR count). The van der Waals surface area contributed by atoms with Crippen LogP contribution in [0, 0.1) is 5.92 Å². The van der Waals surface area contributed by atoms with E-state index in [1.54, 1.807) is 12.1 Å². The van der Waals surface area contributed by atoms with Gasteiger partial charge in [0, 0.05) is 44.0 Å². The van der Waals surface area contributed by atoms with Crippen molar-refractivity contribution in [3.05, 3.63) is 42.0 Å². The zero-order chi connectivity index (χ0) is 24.5. The first kappa shape index (κ1) is 24.4. The van der Waals surface area contributed by atoms with Gasteiger partial charge in [0.1, 0.15) is 5.82 Å². The molecule has 0 radical (unpaired) electrons. The SMILES string of the molecule is CCC(C)(C)c1nc2cc(S(=O)(=O)n3cc(CC(=O)NC)cn3)ccc2n1CC1CCOCC1. The minimum atomic E-state index is -3.92. The van der Waals surface area contributed by atoms with Gasteiger partial charge < -0.3 is 14.6 Å². The second-order valence-electron chi connectivity index (χ2n) is 9.57. The molecule has 1 fully saturated rings. The monoisotopic (exact) mass is 487 g/mol. The predicted octanol–water partition coefficient (Wildman–Crippen LogP) is 2.87. The lowest BCUT2D eigenvalue weighted by Gasteiger charge is -2.28. The van der Waals surface area contributed by atoms with Crippen molar-refractivity contribution in [2.75, 3.05) is 20.3 Å². The summed E-state index contributed by atoms with van der Waals surface area (Å²) < 4.78 is 35.2. The maximum Gasteiger partial charge on any atom is 0.283 e. The van der Waals surface area contributed by atoms with Crippen LogP contribution >= 0.6 is 0 Å². The summed E-state index contributed by atoms with van der Waals surface area (Å²) in [6.07, 6.45) is 5.78. The number of imidazole rings is 1. The number of carbonyl (C=O) groups excluding carboxylic acids is 1. The van der Waals surface area contributed by atoms with Crippen molar-refractivity contribution in [2.45, 2.75) is 63.3 Å². The van der Waals surface area contributed by atoms with Crippen LogP contribution in [-0.2, 0) is 37.9 Å². The van der Waals surface area contributed by atoms with Crippen molar-refractivity contribution in [1.82, 2.24) is 24.1 Å². The number of nitrogens with one attached hydrogen (secondary N) is 1. The standard InChI is InChI=1S/C24H33N5O4S/c1-5-24(2,3)23-27-20-13-19(6-7-21(20)28(23)15-17-8-10-33-11-9-17)34(31,32)29-16-18(14-26-29)12-22(30)25-4/h6-7,13-14,16-17H,5,8-12,15H2,1-4H3,(H,25,30). The number of benzene rings is 1. The second-order valence-corrected chi connectivity index (χ2v) is 11.4. The Hall–Kier alpha value is -2.72. The fourth-order valence-electron chi connectivity index (χ4n) is 4.26. The van der Waals surface area contributed by atoms with E-state index in [-0.39, 0.29) is 22.6 Å². The van der Waals surface area contributed by atoms with Gasteiger partial charge in [0.2, 0.25) is 5.91 Å². The van der Waals surface area contributed by atoms with Crippen LogP contribution < -0.4 is 5.32 Å². The van der Waals surface area contributed by atoms with Gasteiger partial charge in [0.15, 0.2) is 0 Å². The molecule has 1 N–H and O–H groups in total. The molecule has 0 atom stereocenters. The van der Waals surface area contributed by atoms with Crippen LogP contribution in [0.15, 0.2) is 35.5 Å². The minimum absolute atomic E-state index is 0.0666. The van der Waals surface area contributed by atoms with E-state index >= 15 is 0 Å². The molecule has 0 unspecified atom stereocenters. The molecule has 184 valence electrons. The number of amides is 1. The summed E-state index contributed by atoms with van der Waals surface area (Å²) in [6, 6.07) is 5.09. The van der Waals surface area contributed by atoms with E-state index in [4.69, 9.17) is 9.72 Å². The first-order valence-corrected chi connectivity index (χ1v) is 13.2. The third-order valence-electron chi connectivity index (χ3n) is 6.79. The molecule has 34 heavy (non-hydrogen) atoms. The molecule has 1 aliphatic heterocycles. The lowest BCUT2D eigenvalue weighted by Crippen LogP contribution is -2.26. The van der Waals surface area contributed by atoms with Crippen molar-refractivity contribution in [1.29, 1.82) is 0 Å². The Balaban J connectivity index is 1.73. The Morgan fingerprint density at radius 3 is 2.68 bits per heavy atom.